The summed E-state index contributed by atoms with van der Waals surface area (Å²) in [6.07, 6.45) is -2.62. The minimum Gasteiger partial charge on any atom is -0.397 e. The molecule has 0 atom stereocenters. The van der Waals surface area contributed by atoms with Gasteiger partial charge in [-0.1, -0.05) is 0 Å². The molecule has 0 unspecified atom stereocenters. The van der Waals surface area contributed by atoms with E-state index in [1.165, 1.54) is 6.07 Å². The minimum atomic E-state index is -4.51. The number of thiophene rings is 1. The molecule has 21 heavy (non-hydrogen) atoms. The van der Waals surface area contributed by atoms with Crippen molar-refractivity contribution >= 4 is 33.1 Å². The van der Waals surface area contributed by atoms with Crippen molar-refractivity contribution in [1.82, 2.24) is 9.88 Å². The lowest BCUT2D eigenvalue weighted by atomic mass is 10.2. The molecule has 0 aliphatic heterocycles. The number of nitrogens with two attached hydrogens (primary N) is 1. The van der Waals surface area contributed by atoms with Gasteiger partial charge in [0.15, 0.2) is 0 Å². The third kappa shape index (κ3) is 2.44. The molecule has 0 aromatic carbocycles. The molecule has 4 nitrogen and oxygen atoms in total. The van der Waals surface area contributed by atoms with Gasteiger partial charge in [0.1, 0.15) is 15.4 Å². The molecule has 112 valence electrons. The van der Waals surface area contributed by atoms with E-state index in [2.05, 4.69) is 4.98 Å². The predicted octanol–water partition coefficient (Wildman–Crippen LogP) is 3.13. The van der Waals surface area contributed by atoms with E-state index in [0.29, 0.717) is 5.39 Å². The van der Waals surface area contributed by atoms with Crippen molar-refractivity contribution in [3.8, 4) is 0 Å². The Labute approximate surface area is 122 Å². The van der Waals surface area contributed by atoms with Gasteiger partial charge < -0.3 is 10.6 Å². The normalized spacial score (nSPS) is 15.4. The lowest BCUT2D eigenvalue weighted by Gasteiger charge is -2.15. The maximum absolute atomic E-state index is 12.7. The smallest absolute Gasteiger partial charge is 0.397 e. The monoisotopic (exact) mass is 315 g/mol. The zero-order valence-corrected chi connectivity index (χ0v) is 11.9. The Morgan fingerprint density at radius 1 is 1.43 bits per heavy atom. The van der Waals surface area contributed by atoms with Crippen molar-refractivity contribution in [1.29, 1.82) is 0 Å². The minimum absolute atomic E-state index is 0.134. The number of nitrogen functional groups attached to an aromatic ring is 1. The molecule has 3 rings (SSSR count). The molecule has 1 aliphatic rings. The lowest BCUT2D eigenvalue weighted by Crippen LogP contribution is -2.28. The summed E-state index contributed by atoms with van der Waals surface area (Å²) in [5, 5.41) is 0.389. The molecule has 0 saturated heterocycles. The van der Waals surface area contributed by atoms with E-state index in [-0.39, 0.29) is 27.3 Å². The maximum atomic E-state index is 12.7. The van der Waals surface area contributed by atoms with Gasteiger partial charge in [0, 0.05) is 18.5 Å². The summed E-state index contributed by atoms with van der Waals surface area (Å²) in [5.41, 5.74) is 5.12. The number of carbonyl (C=O) groups excluding carboxylic acids is 1. The van der Waals surface area contributed by atoms with Crippen LogP contribution in [0, 0.1) is 0 Å². The fourth-order valence-corrected chi connectivity index (χ4v) is 3.18. The SMILES string of the molecule is CN(C(=O)c1sc2nc(C(F)(F)F)ccc2c1N)C1CC1. The standard InChI is InChI=1S/C13H12F3N3OS/c1-19(6-2-3-6)12(20)10-9(17)7-4-5-8(13(14,15)16)18-11(7)21-10/h4-6H,2-3,17H2,1H3. The van der Waals surface area contributed by atoms with Crippen LogP contribution in [0.2, 0.25) is 0 Å². The van der Waals surface area contributed by atoms with Gasteiger partial charge in [0.05, 0.1) is 5.69 Å². The molecule has 2 aromatic heterocycles. The second kappa shape index (κ2) is 4.59. The van der Waals surface area contributed by atoms with E-state index in [1.54, 1.807) is 11.9 Å². The molecular formula is C13H12F3N3OS. The molecule has 1 amide bonds. The number of amides is 1. The van der Waals surface area contributed by atoms with E-state index in [9.17, 15) is 18.0 Å². The number of aromatic nitrogens is 1. The highest BCUT2D eigenvalue weighted by Crippen LogP contribution is 2.37. The number of pyridine rings is 1. The van der Waals surface area contributed by atoms with Crippen LogP contribution in [-0.2, 0) is 6.18 Å². The molecular weight excluding hydrogens is 303 g/mol. The third-order valence-electron chi connectivity index (χ3n) is 3.49. The van der Waals surface area contributed by atoms with E-state index in [0.717, 1.165) is 30.2 Å². The first-order valence-electron chi connectivity index (χ1n) is 6.32. The molecule has 0 spiro atoms. The molecule has 2 N–H and O–H groups in total. The second-order valence-corrected chi connectivity index (χ2v) is 6.04. The molecule has 2 aromatic rings. The Kier molecular flexibility index (Phi) is 3.09. The number of alkyl halides is 3. The predicted molar refractivity (Wildman–Crippen MR) is 74.1 cm³/mol. The quantitative estimate of drug-likeness (QED) is 0.926. The molecule has 2 heterocycles. The Hall–Kier alpha value is -1.83. The highest BCUT2D eigenvalue weighted by Gasteiger charge is 2.34. The fourth-order valence-electron chi connectivity index (χ4n) is 2.10. The van der Waals surface area contributed by atoms with Crippen LogP contribution in [0.15, 0.2) is 12.1 Å². The van der Waals surface area contributed by atoms with Crippen molar-refractivity contribution in [2.24, 2.45) is 0 Å². The molecule has 0 bridgehead atoms. The summed E-state index contributed by atoms with van der Waals surface area (Å²) >= 11 is 0.908. The van der Waals surface area contributed by atoms with Crippen LogP contribution < -0.4 is 5.73 Å². The molecule has 0 radical (unpaired) electrons. The topological polar surface area (TPSA) is 59.2 Å². The number of carbonyl (C=O) groups is 1. The summed E-state index contributed by atoms with van der Waals surface area (Å²) in [5.74, 6) is -0.258. The lowest BCUT2D eigenvalue weighted by molar-refractivity contribution is -0.140. The number of hydrogen-bond donors (Lipinski definition) is 1. The van der Waals surface area contributed by atoms with Crippen LogP contribution in [0.25, 0.3) is 10.2 Å². The number of anilines is 1. The van der Waals surface area contributed by atoms with E-state index < -0.39 is 11.9 Å². The van der Waals surface area contributed by atoms with Crippen LogP contribution in [0.1, 0.15) is 28.2 Å². The third-order valence-corrected chi connectivity index (χ3v) is 4.60. The Morgan fingerprint density at radius 2 is 2.10 bits per heavy atom. The highest BCUT2D eigenvalue weighted by atomic mass is 32.1. The van der Waals surface area contributed by atoms with Crippen molar-refractivity contribution in [3.05, 3.63) is 22.7 Å². The second-order valence-electron chi connectivity index (χ2n) is 5.04. The number of rotatable bonds is 2. The summed E-state index contributed by atoms with van der Waals surface area (Å²) in [6, 6.07) is 2.36. The summed E-state index contributed by atoms with van der Waals surface area (Å²) in [4.78, 5) is 17.9. The van der Waals surface area contributed by atoms with Crippen LogP contribution in [0.3, 0.4) is 0 Å². The number of hydrogen-bond acceptors (Lipinski definition) is 4. The van der Waals surface area contributed by atoms with Gasteiger partial charge >= 0.3 is 6.18 Å². The van der Waals surface area contributed by atoms with Gasteiger partial charge in [0.2, 0.25) is 0 Å². The maximum Gasteiger partial charge on any atom is 0.433 e. The van der Waals surface area contributed by atoms with Gasteiger partial charge in [-0.3, -0.25) is 4.79 Å². The van der Waals surface area contributed by atoms with Crippen molar-refractivity contribution in [2.75, 3.05) is 12.8 Å². The number of fused-ring (bicyclic) bond motifs is 1. The summed E-state index contributed by atoms with van der Waals surface area (Å²) < 4.78 is 38.0. The molecule has 1 saturated carbocycles. The highest BCUT2D eigenvalue weighted by molar-refractivity contribution is 7.21. The van der Waals surface area contributed by atoms with Crippen LogP contribution in [0.4, 0.5) is 18.9 Å². The average Bonchev–Trinajstić information content (AvgIpc) is 3.21. The Balaban J connectivity index is 2.04. The first-order chi connectivity index (χ1) is 9.79. The summed E-state index contributed by atoms with van der Waals surface area (Å²) in [7, 11) is 1.68. The first-order valence-corrected chi connectivity index (χ1v) is 7.14. The van der Waals surface area contributed by atoms with Crippen molar-refractivity contribution < 1.29 is 18.0 Å². The van der Waals surface area contributed by atoms with Crippen molar-refractivity contribution in [3.63, 3.8) is 0 Å². The van der Waals surface area contributed by atoms with Crippen LogP contribution in [-0.4, -0.2) is 28.9 Å². The largest absolute Gasteiger partial charge is 0.433 e. The van der Waals surface area contributed by atoms with E-state index >= 15 is 0 Å². The average molecular weight is 315 g/mol. The van der Waals surface area contributed by atoms with Crippen molar-refractivity contribution in [2.45, 2.75) is 25.1 Å². The fraction of sp³-hybridized carbons (Fsp3) is 0.385. The molecule has 8 heteroatoms. The number of nitrogens with zero attached hydrogens (tertiary/aromatic N) is 2. The Bertz CT molecular complexity index is 721. The Morgan fingerprint density at radius 3 is 2.67 bits per heavy atom. The molecule has 1 fully saturated rings. The zero-order chi connectivity index (χ0) is 15.4. The van der Waals surface area contributed by atoms with Gasteiger partial charge in [0.25, 0.3) is 5.91 Å². The first kappa shape index (κ1) is 14.1. The van der Waals surface area contributed by atoms with Gasteiger partial charge in [-0.05, 0) is 25.0 Å². The zero-order valence-electron chi connectivity index (χ0n) is 11.1. The molecule has 1 aliphatic carbocycles. The van der Waals surface area contributed by atoms with Crippen LogP contribution in [0.5, 0.6) is 0 Å². The van der Waals surface area contributed by atoms with Gasteiger partial charge in [-0.25, -0.2) is 4.98 Å². The van der Waals surface area contributed by atoms with Gasteiger partial charge in [-0.15, -0.1) is 11.3 Å². The van der Waals surface area contributed by atoms with E-state index in [1.807, 2.05) is 0 Å². The van der Waals surface area contributed by atoms with E-state index in [4.69, 9.17) is 5.73 Å². The number of halogens is 3. The van der Waals surface area contributed by atoms with Crippen LogP contribution >= 0.6 is 11.3 Å². The van der Waals surface area contributed by atoms with Gasteiger partial charge in [-0.2, -0.15) is 13.2 Å². The summed E-state index contributed by atoms with van der Waals surface area (Å²) in [6.45, 7) is 0.